The maximum atomic E-state index is 5.96. The number of nitrogens with one attached hydrogen (secondary N) is 1. The quantitative estimate of drug-likeness (QED) is 0.921. The average molecular weight is 325 g/mol. The Hall–Kier alpha value is -0.580. The number of hydrogen-bond donors (Lipinski definition) is 1. The molecule has 1 N–H and O–H groups in total. The summed E-state index contributed by atoms with van der Waals surface area (Å²) >= 11 is 3.64. The molecule has 0 aromatic heterocycles. The van der Waals surface area contributed by atoms with Crippen LogP contribution in [0.3, 0.4) is 0 Å². The van der Waals surface area contributed by atoms with Crippen LogP contribution in [0.5, 0.6) is 5.75 Å². The Morgan fingerprint density at radius 3 is 2.68 bits per heavy atom. The third-order valence-corrected chi connectivity index (χ3v) is 4.58. The summed E-state index contributed by atoms with van der Waals surface area (Å²) in [4.78, 5) is 2.49. The Bertz CT molecular complexity index is 428. The average Bonchev–Trinajstić information content (AvgIpc) is 2.37. The third kappa shape index (κ3) is 3.50. The standard InChI is InChI=1S/C15H21BrN2O/c16-14-10-12(11-18-8-6-17-7-9-18)4-5-15(14)19-13-2-1-3-13/h4-5,10,13,17H,1-3,6-9,11H2. The van der Waals surface area contributed by atoms with E-state index in [0.29, 0.717) is 6.10 Å². The van der Waals surface area contributed by atoms with Crippen LogP contribution in [0.15, 0.2) is 22.7 Å². The van der Waals surface area contributed by atoms with E-state index in [0.717, 1.165) is 42.9 Å². The fraction of sp³-hybridized carbons (Fsp3) is 0.600. The van der Waals surface area contributed by atoms with Crippen LogP contribution in [0.4, 0.5) is 0 Å². The van der Waals surface area contributed by atoms with Gasteiger partial charge in [0.15, 0.2) is 0 Å². The zero-order valence-corrected chi connectivity index (χ0v) is 12.8. The van der Waals surface area contributed by atoms with Gasteiger partial charge in [0.05, 0.1) is 10.6 Å². The van der Waals surface area contributed by atoms with Crippen molar-refractivity contribution in [3.05, 3.63) is 28.2 Å². The van der Waals surface area contributed by atoms with Gasteiger partial charge in [0, 0.05) is 32.7 Å². The van der Waals surface area contributed by atoms with Gasteiger partial charge in [-0.25, -0.2) is 0 Å². The molecular formula is C15H21BrN2O. The van der Waals surface area contributed by atoms with Gasteiger partial charge in [-0.1, -0.05) is 6.07 Å². The second kappa shape index (κ2) is 6.25. The van der Waals surface area contributed by atoms with E-state index in [1.165, 1.54) is 24.8 Å². The number of hydrogen-bond acceptors (Lipinski definition) is 3. The van der Waals surface area contributed by atoms with Gasteiger partial charge in [-0.3, -0.25) is 4.90 Å². The summed E-state index contributed by atoms with van der Waals surface area (Å²) in [6.45, 7) is 5.51. The molecule has 1 saturated heterocycles. The minimum atomic E-state index is 0.440. The van der Waals surface area contributed by atoms with Crippen LogP contribution in [0.2, 0.25) is 0 Å². The smallest absolute Gasteiger partial charge is 0.133 e. The fourth-order valence-corrected chi connectivity index (χ4v) is 3.05. The van der Waals surface area contributed by atoms with Crippen molar-refractivity contribution in [2.24, 2.45) is 0 Å². The van der Waals surface area contributed by atoms with Crippen LogP contribution < -0.4 is 10.1 Å². The van der Waals surface area contributed by atoms with Crippen molar-refractivity contribution in [2.45, 2.75) is 31.9 Å². The molecule has 3 nitrogen and oxygen atoms in total. The predicted octanol–water partition coefficient (Wildman–Crippen LogP) is 2.79. The molecule has 1 heterocycles. The van der Waals surface area contributed by atoms with Crippen LogP contribution in [0, 0.1) is 0 Å². The molecule has 1 saturated carbocycles. The second-order valence-corrected chi connectivity index (χ2v) is 6.32. The van der Waals surface area contributed by atoms with Gasteiger partial charge < -0.3 is 10.1 Å². The Balaban J connectivity index is 1.61. The number of halogens is 1. The molecule has 0 amide bonds. The van der Waals surface area contributed by atoms with E-state index >= 15 is 0 Å². The summed E-state index contributed by atoms with van der Waals surface area (Å²) < 4.78 is 7.05. The van der Waals surface area contributed by atoms with Gasteiger partial charge >= 0.3 is 0 Å². The Morgan fingerprint density at radius 2 is 2.05 bits per heavy atom. The topological polar surface area (TPSA) is 24.5 Å². The molecule has 0 radical (unpaired) electrons. The van der Waals surface area contributed by atoms with E-state index in [4.69, 9.17) is 4.74 Å². The maximum Gasteiger partial charge on any atom is 0.133 e. The molecule has 1 aliphatic carbocycles. The van der Waals surface area contributed by atoms with Crippen molar-refractivity contribution in [3.8, 4) is 5.75 Å². The van der Waals surface area contributed by atoms with Crippen molar-refractivity contribution < 1.29 is 4.74 Å². The van der Waals surface area contributed by atoms with E-state index in [2.05, 4.69) is 44.3 Å². The van der Waals surface area contributed by atoms with Crippen molar-refractivity contribution in [1.29, 1.82) is 0 Å². The minimum absolute atomic E-state index is 0.440. The van der Waals surface area contributed by atoms with E-state index in [-0.39, 0.29) is 0 Å². The van der Waals surface area contributed by atoms with Gasteiger partial charge in [-0.2, -0.15) is 0 Å². The predicted molar refractivity (Wildman–Crippen MR) is 80.6 cm³/mol. The lowest BCUT2D eigenvalue weighted by Gasteiger charge is -2.28. The zero-order valence-electron chi connectivity index (χ0n) is 11.2. The Labute approximate surface area is 123 Å². The first kappa shape index (κ1) is 13.4. The number of benzene rings is 1. The van der Waals surface area contributed by atoms with E-state index < -0.39 is 0 Å². The van der Waals surface area contributed by atoms with Gasteiger partial charge in [0.25, 0.3) is 0 Å². The van der Waals surface area contributed by atoms with Crippen molar-refractivity contribution in [2.75, 3.05) is 26.2 Å². The maximum absolute atomic E-state index is 5.96. The first-order valence-electron chi connectivity index (χ1n) is 7.19. The highest BCUT2D eigenvalue weighted by Gasteiger charge is 2.20. The zero-order chi connectivity index (χ0) is 13.1. The molecule has 104 valence electrons. The number of ether oxygens (including phenoxy) is 1. The first-order valence-corrected chi connectivity index (χ1v) is 7.99. The van der Waals surface area contributed by atoms with Crippen molar-refractivity contribution in [3.63, 3.8) is 0 Å². The lowest BCUT2D eigenvalue weighted by Crippen LogP contribution is -2.42. The molecule has 0 bridgehead atoms. The molecule has 2 aliphatic rings. The largest absolute Gasteiger partial charge is 0.489 e. The summed E-state index contributed by atoms with van der Waals surface area (Å²) in [6, 6.07) is 6.51. The SMILES string of the molecule is Brc1cc(CN2CCNCC2)ccc1OC1CCC1. The minimum Gasteiger partial charge on any atom is -0.489 e. The Morgan fingerprint density at radius 1 is 1.26 bits per heavy atom. The highest BCUT2D eigenvalue weighted by molar-refractivity contribution is 9.10. The van der Waals surface area contributed by atoms with Gasteiger partial charge in [0.1, 0.15) is 5.75 Å². The molecule has 3 rings (SSSR count). The normalized spacial score (nSPS) is 21.1. The van der Waals surface area contributed by atoms with E-state index in [9.17, 15) is 0 Å². The second-order valence-electron chi connectivity index (χ2n) is 5.46. The number of rotatable bonds is 4. The summed E-state index contributed by atoms with van der Waals surface area (Å²) in [5, 5.41) is 3.38. The van der Waals surface area contributed by atoms with Gasteiger partial charge in [-0.05, 0) is 52.9 Å². The summed E-state index contributed by atoms with van der Waals surface area (Å²) in [5.74, 6) is 0.994. The monoisotopic (exact) mass is 324 g/mol. The fourth-order valence-electron chi connectivity index (χ4n) is 2.53. The van der Waals surface area contributed by atoms with Crippen LogP contribution >= 0.6 is 15.9 Å². The lowest BCUT2D eigenvalue weighted by atomic mass is 9.96. The molecular weight excluding hydrogens is 304 g/mol. The molecule has 4 heteroatoms. The van der Waals surface area contributed by atoms with Crippen molar-refractivity contribution in [1.82, 2.24) is 10.2 Å². The molecule has 0 unspecified atom stereocenters. The molecule has 0 atom stereocenters. The third-order valence-electron chi connectivity index (χ3n) is 3.96. The molecule has 1 aliphatic heterocycles. The van der Waals surface area contributed by atoms with E-state index in [1.54, 1.807) is 0 Å². The van der Waals surface area contributed by atoms with Crippen LogP contribution in [0.25, 0.3) is 0 Å². The number of nitrogens with zero attached hydrogens (tertiary/aromatic N) is 1. The van der Waals surface area contributed by atoms with Gasteiger partial charge in [0.2, 0.25) is 0 Å². The van der Waals surface area contributed by atoms with Crippen molar-refractivity contribution >= 4 is 15.9 Å². The summed E-state index contributed by atoms with van der Waals surface area (Å²) in [5.41, 5.74) is 1.36. The Kier molecular flexibility index (Phi) is 4.41. The highest BCUT2D eigenvalue weighted by Crippen LogP contribution is 2.31. The molecule has 1 aromatic carbocycles. The van der Waals surface area contributed by atoms with Gasteiger partial charge in [-0.15, -0.1) is 0 Å². The molecule has 0 spiro atoms. The first-order chi connectivity index (χ1) is 9.31. The van der Waals surface area contributed by atoms with Crippen LogP contribution in [0.1, 0.15) is 24.8 Å². The molecule has 1 aromatic rings. The molecule has 19 heavy (non-hydrogen) atoms. The van der Waals surface area contributed by atoms with Crippen LogP contribution in [-0.2, 0) is 6.54 Å². The summed E-state index contributed by atoms with van der Waals surface area (Å²) in [6.07, 6.45) is 4.16. The molecule has 2 fully saturated rings. The summed E-state index contributed by atoms with van der Waals surface area (Å²) in [7, 11) is 0. The van der Waals surface area contributed by atoms with Crippen LogP contribution in [-0.4, -0.2) is 37.2 Å². The van der Waals surface area contributed by atoms with E-state index in [1.807, 2.05) is 0 Å². The number of piperazine rings is 1. The lowest BCUT2D eigenvalue weighted by molar-refractivity contribution is 0.119. The highest BCUT2D eigenvalue weighted by atomic mass is 79.9.